The van der Waals surface area contributed by atoms with Gasteiger partial charge in [0.25, 0.3) is 0 Å². The van der Waals surface area contributed by atoms with Crippen LogP contribution in [-0.2, 0) is 71.9 Å². The Morgan fingerprint density at radius 2 is 1.26 bits per heavy atom. The van der Waals surface area contributed by atoms with Gasteiger partial charge in [-0.15, -0.1) is 0 Å². The third kappa shape index (κ3) is 11.1. The number of aldehydes is 1. The maximum Gasteiger partial charge on any atom is 0.397 e. The Kier molecular flexibility index (Phi) is 17.9. The van der Waals surface area contributed by atoms with E-state index in [2.05, 4.69) is 8.37 Å². The van der Waals surface area contributed by atoms with Crippen molar-refractivity contribution in [3.63, 3.8) is 0 Å². The Hall–Kier alpha value is 0.770. The molecule has 0 aliphatic carbocycles. The first kappa shape index (κ1) is 48.1. The molecule has 5 saturated heterocycles. The third-order valence-electron chi connectivity index (χ3n) is 8.66. The summed E-state index contributed by atoms with van der Waals surface area (Å²) in [6.07, 6.45) is -33.8. The van der Waals surface area contributed by atoms with Crippen molar-refractivity contribution in [2.75, 3.05) is 26.4 Å². The van der Waals surface area contributed by atoms with Crippen LogP contribution in [0.15, 0.2) is 0 Å². The fourth-order valence-corrected chi connectivity index (χ4v) is 7.33. The first-order valence-electron chi connectivity index (χ1n) is 15.1. The molecule has 0 spiro atoms. The van der Waals surface area contributed by atoms with Gasteiger partial charge in [-0.1, -0.05) is 0 Å². The average Bonchev–Trinajstić information content (AvgIpc) is 3.52. The number of aliphatic hydroxyl groups excluding tert-OH is 8. The molecule has 0 aromatic carbocycles. The zero-order chi connectivity index (χ0) is 37.6. The summed E-state index contributed by atoms with van der Waals surface area (Å²) in [7, 11) is -10.7. The molecule has 19 atom stereocenters. The van der Waals surface area contributed by atoms with Crippen molar-refractivity contribution in [3.8, 4) is 0 Å². The number of ether oxygens (including phenoxy) is 8. The van der Waals surface area contributed by atoms with Crippen molar-refractivity contribution in [3.05, 3.63) is 0 Å². The standard InChI is InChI=1S/C24H38O25S2.2Na/c25-1-6(28)15(16(7(29)2-26)48-50(34,35)36)45-23-13(32)20-17(10(44-23)5-41-20)46-24-14(33)21(18(8(3-27)42-24)49-51(37,38)39)47-22-12(31)19-11(30)9(43-22)4-40-19;;/h1,6-24,26-33H,2-5H2,(H,34,35,36)(H,37,38,39);;/t6-,7+,8+,9+,10+,11-,12+,13+,14+,15+,16-,17-,18-,19-,20+,21+,22+,23+,24-;;/m0../s1. The second-order valence-corrected chi connectivity index (χ2v) is 14.1. The van der Waals surface area contributed by atoms with Gasteiger partial charge >= 0.3 is 20.8 Å². The van der Waals surface area contributed by atoms with E-state index in [0.29, 0.717) is 0 Å². The predicted octanol–water partition coefficient (Wildman–Crippen LogP) is -8.92. The minimum atomic E-state index is -5.39. The molecular formula is C24H38Na2O25S2. The summed E-state index contributed by atoms with van der Waals surface area (Å²) < 4.78 is 118. The van der Waals surface area contributed by atoms with Crippen LogP contribution in [0.4, 0.5) is 0 Å². The SMILES string of the molecule is O=C[C@H](O)[C@@H](O[C@H]1O[C@@H]2CO[C@H]([C@H]1O)[C@H]2O[C@@H]1O[C@H](CO)[C@H](OS(=O)(=O)O)[C@H](O[C@H]2O[C@@H]3CO[C@@H]([C@H]3O)[C@H]2O)[C@H]1O)[C@@H](OS(=O)(=O)O)[C@H](O)CO.[Na].[Na]. The summed E-state index contributed by atoms with van der Waals surface area (Å²) in [6, 6.07) is 0. The van der Waals surface area contributed by atoms with Crippen LogP contribution in [0.3, 0.4) is 0 Å². The van der Waals surface area contributed by atoms with Gasteiger partial charge in [0.2, 0.25) is 0 Å². The van der Waals surface area contributed by atoms with Crippen molar-refractivity contribution in [1.29, 1.82) is 0 Å². The molecule has 25 nitrogen and oxygen atoms in total. The number of fused-ring (bicyclic) bond motifs is 4. The summed E-state index contributed by atoms with van der Waals surface area (Å²) in [5.74, 6) is 0. The molecule has 29 heteroatoms. The van der Waals surface area contributed by atoms with Crippen molar-refractivity contribution < 1.29 is 118 Å². The second-order valence-electron chi connectivity index (χ2n) is 12.0. The van der Waals surface area contributed by atoms with Gasteiger partial charge in [-0.25, -0.2) is 8.37 Å². The van der Waals surface area contributed by atoms with Gasteiger partial charge in [0.05, 0.1) is 26.4 Å². The third-order valence-corrected chi connectivity index (χ3v) is 9.59. The molecule has 0 aromatic heterocycles. The summed E-state index contributed by atoms with van der Waals surface area (Å²) in [4.78, 5) is 11.4. The van der Waals surface area contributed by atoms with Gasteiger partial charge < -0.3 is 83.5 Å². The van der Waals surface area contributed by atoms with E-state index in [1.807, 2.05) is 0 Å². The van der Waals surface area contributed by atoms with Gasteiger partial charge in [-0.3, -0.25) is 9.11 Å². The molecule has 4 bridgehead atoms. The number of carbonyl (C=O) groups excluding carboxylic acids is 1. The van der Waals surface area contributed by atoms with Crippen molar-refractivity contribution in [2.24, 2.45) is 0 Å². The van der Waals surface area contributed by atoms with Crippen LogP contribution in [0.25, 0.3) is 0 Å². The number of rotatable bonds is 16. The number of hydrogen-bond donors (Lipinski definition) is 10. The van der Waals surface area contributed by atoms with Crippen LogP contribution in [0.1, 0.15) is 0 Å². The maximum absolute atomic E-state index is 11.7. The zero-order valence-corrected chi connectivity index (χ0v) is 33.4. The molecule has 5 heterocycles. The number of hydrogen-bond acceptors (Lipinski definition) is 23. The Bertz CT molecular complexity index is 1410. The molecule has 0 unspecified atom stereocenters. The van der Waals surface area contributed by atoms with Crippen LogP contribution >= 0.6 is 0 Å². The number of aliphatic hydroxyl groups is 8. The van der Waals surface area contributed by atoms with E-state index in [9.17, 15) is 67.0 Å². The summed E-state index contributed by atoms with van der Waals surface area (Å²) in [6.45, 7) is -2.78. The Labute approximate surface area is 344 Å². The Morgan fingerprint density at radius 1 is 0.698 bits per heavy atom. The summed E-state index contributed by atoms with van der Waals surface area (Å²) in [5, 5.41) is 82.9. The molecule has 2 radical (unpaired) electrons. The second kappa shape index (κ2) is 19.7. The number of carbonyl (C=O) groups is 1. The van der Waals surface area contributed by atoms with Crippen LogP contribution in [-0.4, -0.2) is 275 Å². The molecule has 298 valence electrons. The van der Waals surface area contributed by atoms with Gasteiger partial charge in [-0.05, 0) is 0 Å². The minimum absolute atomic E-state index is 0. The van der Waals surface area contributed by atoms with Crippen LogP contribution < -0.4 is 0 Å². The molecule has 0 amide bonds. The smallest absolute Gasteiger partial charge is 0.394 e. The molecule has 0 aromatic rings. The molecule has 5 aliphatic heterocycles. The van der Waals surface area contributed by atoms with E-state index in [0.717, 1.165) is 0 Å². The first-order valence-corrected chi connectivity index (χ1v) is 17.8. The Balaban J connectivity index is 0.00000378. The molecule has 53 heavy (non-hydrogen) atoms. The van der Waals surface area contributed by atoms with Gasteiger partial charge in [0, 0.05) is 59.1 Å². The molecule has 5 aliphatic rings. The quantitative estimate of drug-likeness (QED) is 0.0392. The maximum atomic E-state index is 11.7. The fraction of sp³-hybridized carbons (Fsp3) is 0.958. The first-order chi connectivity index (χ1) is 23.9. The van der Waals surface area contributed by atoms with E-state index < -0.39 is 151 Å². The zero-order valence-electron chi connectivity index (χ0n) is 27.8. The van der Waals surface area contributed by atoms with E-state index in [4.69, 9.17) is 42.4 Å². The van der Waals surface area contributed by atoms with E-state index >= 15 is 0 Å². The van der Waals surface area contributed by atoms with Gasteiger partial charge in [0.15, 0.2) is 25.2 Å². The fourth-order valence-electron chi connectivity index (χ4n) is 6.30. The molecular weight excluding hydrogens is 798 g/mol. The topological polar surface area (TPSA) is 380 Å². The summed E-state index contributed by atoms with van der Waals surface area (Å²) >= 11 is 0. The average molecular weight is 837 g/mol. The van der Waals surface area contributed by atoms with Crippen LogP contribution in [0, 0.1) is 0 Å². The van der Waals surface area contributed by atoms with Gasteiger partial charge in [-0.2, -0.15) is 16.8 Å². The largest absolute Gasteiger partial charge is 0.397 e. The molecule has 5 rings (SSSR count). The monoisotopic (exact) mass is 836 g/mol. The van der Waals surface area contributed by atoms with Gasteiger partial charge in [0.1, 0.15) is 97.7 Å². The minimum Gasteiger partial charge on any atom is -0.394 e. The van der Waals surface area contributed by atoms with E-state index in [1.54, 1.807) is 0 Å². The normalized spacial score (nSPS) is 42.1. The predicted molar refractivity (Wildman–Crippen MR) is 161 cm³/mol. The van der Waals surface area contributed by atoms with Crippen molar-refractivity contribution in [2.45, 2.75) is 117 Å². The molecule has 5 fully saturated rings. The Morgan fingerprint density at radius 3 is 1.85 bits per heavy atom. The van der Waals surface area contributed by atoms with Crippen LogP contribution in [0.2, 0.25) is 0 Å². The van der Waals surface area contributed by atoms with E-state index in [-0.39, 0.29) is 78.6 Å². The van der Waals surface area contributed by atoms with Crippen molar-refractivity contribution in [1.82, 2.24) is 0 Å². The van der Waals surface area contributed by atoms with E-state index in [1.165, 1.54) is 0 Å². The summed E-state index contributed by atoms with van der Waals surface area (Å²) in [5.41, 5.74) is 0. The van der Waals surface area contributed by atoms with Crippen molar-refractivity contribution >= 4 is 86.2 Å². The van der Waals surface area contributed by atoms with Crippen LogP contribution in [0.5, 0.6) is 0 Å². The molecule has 0 saturated carbocycles. The molecule has 10 N–H and O–H groups in total.